The number of hydrogen-bond acceptors (Lipinski definition) is 2. The Morgan fingerprint density at radius 2 is 2.25 bits per heavy atom. The van der Waals surface area contributed by atoms with Gasteiger partial charge in [-0.15, -0.1) is 11.3 Å². The molecule has 0 spiro atoms. The van der Waals surface area contributed by atoms with Crippen LogP contribution >= 0.6 is 38.9 Å². The van der Waals surface area contributed by atoms with E-state index in [9.17, 15) is 4.79 Å². The van der Waals surface area contributed by atoms with Gasteiger partial charge in [-0.2, -0.15) is 0 Å². The van der Waals surface area contributed by atoms with Crippen LogP contribution in [0.3, 0.4) is 0 Å². The number of carbonyl (C=O) groups excluding carboxylic acids is 1. The van der Waals surface area contributed by atoms with Gasteiger partial charge in [0.1, 0.15) is 0 Å². The Labute approximate surface area is 136 Å². The van der Waals surface area contributed by atoms with Gasteiger partial charge in [0.05, 0.1) is 11.6 Å². The number of rotatable bonds is 5. The average molecular weight is 373 g/mol. The summed E-state index contributed by atoms with van der Waals surface area (Å²) in [5, 5.41) is 5.73. The molecule has 2 rings (SSSR count). The molecular weight excluding hydrogens is 358 g/mol. The van der Waals surface area contributed by atoms with Crippen molar-refractivity contribution in [3.8, 4) is 0 Å². The number of carbonyl (C=O) groups is 1. The average Bonchev–Trinajstić information content (AvgIpc) is 2.91. The highest BCUT2D eigenvalue weighted by Crippen LogP contribution is 2.26. The molecule has 0 saturated carbocycles. The summed E-state index contributed by atoms with van der Waals surface area (Å²) >= 11 is 10.9. The Kier molecular flexibility index (Phi) is 5.64. The second-order valence-electron chi connectivity index (χ2n) is 4.45. The molecule has 1 unspecified atom stereocenters. The van der Waals surface area contributed by atoms with Crippen molar-refractivity contribution in [3.63, 3.8) is 0 Å². The number of thiophene rings is 1. The number of benzene rings is 1. The van der Waals surface area contributed by atoms with Crippen LogP contribution in [-0.2, 0) is 0 Å². The summed E-state index contributed by atoms with van der Waals surface area (Å²) < 4.78 is 0.712. The van der Waals surface area contributed by atoms with Gasteiger partial charge in [-0.3, -0.25) is 4.79 Å². The van der Waals surface area contributed by atoms with E-state index in [1.54, 1.807) is 29.5 Å². The monoisotopic (exact) mass is 371 g/mol. The summed E-state index contributed by atoms with van der Waals surface area (Å²) in [5.41, 5.74) is 0.604. The van der Waals surface area contributed by atoms with Gasteiger partial charge in [-0.1, -0.05) is 31.0 Å². The fraction of sp³-hybridized carbons (Fsp3) is 0.267. The van der Waals surface area contributed by atoms with Gasteiger partial charge in [-0.25, -0.2) is 0 Å². The van der Waals surface area contributed by atoms with Crippen molar-refractivity contribution in [2.24, 2.45) is 0 Å². The van der Waals surface area contributed by atoms with Crippen molar-refractivity contribution in [2.75, 3.05) is 0 Å². The van der Waals surface area contributed by atoms with Gasteiger partial charge >= 0.3 is 0 Å². The molecule has 20 heavy (non-hydrogen) atoms. The molecule has 2 aromatic rings. The first-order valence-electron chi connectivity index (χ1n) is 6.41. The Morgan fingerprint density at radius 1 is 1.45 bits per heavy atom. The Bertz CT molecular complexity index is 586. The van der Waals surface area contributed by atoms with Crippen molar-refractivity contribution in [1.29, 1.82) is 0 Å². The van der Waals surface area contributed by atoms with Crippen molar-refractivity contribution >= 4 is 44.8 Å². The maximum atomic E-state index is 12.4. The normalized spacial score (nSPS) is 12.2. The maximum Gasteiger partial charge on any atom is 0.252 e. The fourth-order valence-electron chi connectivity index (χ4n) is 1.97. The van der Waals surface area contributed by atoms with E-state index in [0.29, 0.717) is 15.1 Å². The summed E-state index contributed by atoms with van der Waals surface area (Å²) in [4.78, 5) is 13.6. The SMILES string of the molecule is CCCC(NC(=O)c1ccc(Cl)cc1Br)c1cccs1. The van der Waals surface area contributed by atoms with Crippen LogP contribution in [0.4, 0.5) is 0 Å². The number of halogens is 2. The van der Waals surface area contributed by atoms with Gasteiger partial charge < -0.3 is 5.32 Å². The second-order valence-corrected chi connectivity index (χ2v) is 6.72. The number of hydrogen-bond donors (Lipinski definition) is 1. The van der Waals surface area contributed by atoms with Crippen molar-refractivity contribution < 1.29 is 4.79 Å². The molecule has 0 bridgehead atoms. The zero-order valence-corrected chi connectivity index (χ0v) is 14.2. The lowest BCUT2D eigenvalue weighted by Gasteiger charge is -2.17. The highest BCUT2D eigenvalue weighted by Gasteiger charge is 2.17. The Balaban J connectivity index is 2.16. The van der Waals surface area contributed by atoms with Gasteiger partial charge in [0.25, 0.3) is 5.91 Å². The molecule has 1 N–H and O–H groups in total. The third-order valence-electron chi connectivity index (χ3n) is 2.95. The van der Waals surface area contributed by atoms with E-state index < -0.39 is 0 Å². The molecule has 0 aliphatic carbocycles. The van der Waals surface area contributed by atoms with Crippen LogP contribution in [0.5, 0.6) is 0 Å². The lowest BCUT2D eigenvalue weighted by atomic mass is 10.1. The molecule has 0 aliphatic rings. The molecular formula is C15H15BrClNOS. The van der Waals surface area contributed by atoms with E-state index in [-0.39, 0.29) is 11.9 Å². The molecule has 5 heteroatoms. The van der Waals surface area contributed by atoms with Crippen LogP contribution in [0.1, 0.15) is 41.0 Å². The summed E-state index contributed by atoms with van der Waals surface area (Å²) in [6.45, 7) is 2.12. The molecule has 0 saturated heterocycles. The molecule has 106 valence electrons. The zero-order valence-electron chi connectivity index (χ0n) is 11.0. The first-order chi connectivity index (χ1) is 9.61. The van der Waals surface area contributed by atoms with Gasteiger partial charge in [-0.05, 0) is 52.0 Å². The first kappa shape index (κ1) is 15.5. The van der Waals surface area contributed by atoms with Crippen LogP contribution in [0.25, 0.3) is 0 Å². The summed E-state index contributed by atoms with van der Waals surface area (Å²) in [5.74, 6) is -0.0830. The summed E-state index contributed by atoms with van der Waals surface area (Å²) in [6, 6.07) is 9.32. The van der Waals surface area contributed by atoms with Crippen molar-refractivity contribution in [1.82, 2.24) is 5.32 Å². The topological polar surface area (TPSA) is 29.1 Å². The largest absolute Gasteiger partial charge is 0.344 e. The molecule has 1 amide bonds. The predicted octanol–water partition coefficient (Wildman–Crippen LogP) is 5.44. The number of amides is 1. The smallest absolute Gasteiger partial charge is 0.252 e. The first-order valence-corrected chi connectivity index (χ1v) is 8.46. The fourth-order valence-corrected chi connectivity index (χ4v) is 3.65. The van der Waals surface area contributed by atoms with Crippen LogP contribution in [0, 0.1) is 0 Å². The van der Waals surface area contributed by atoms with Crippen LogP contribution in [0.15, 0.2) is 40.2 Å². The van der Waals surface area contributed by atoms with E-state index in [4.69, 9.17) is 11.6 Å². The lowest BCUT2D eigenvalue weighted by Crippen LogP contribution is -2.28. The van der Waals surface area contributed by atoms with Gasteiger partial charge in [0.15, 0.2) is 0 Å². The minimum Gasteiger partial charge on any atom is -0.344 e. The molecule has 0 fully saturated rings. The third-order valence-corrected chi connectivity index (χ3v) is 4.82. The van der Waals surface area contributed by atoms with E-state index in [1.807, 2.05) is 11.4 Å². The van der Waals surface area contributed by atoms with Crippen LogP contribution < -0.4 is 5.32 Å². The molecule has 2 nitrogen and oxygen atoms in total. The molecule has 0 aliphatic heterocycles. The highest BCUT2D eigenvalue weighted by molar-refractivity contribution is 9.10. The molecule has 0 radical (unpaired) electrons. The number of nitrogens with one attached hydrogen (secondary N) is 1. The molecule has 1 heterocycles. The minimum absolute atomic E-state index is 0.0649. The quantitative estimate of drug-likeness (QED) is 0.744. The molecule has 1 atom stereocenters. The maximum absolute atomic E-state index is 12.4. The van der Waals surface area contributed by atoms with Gasteiger partial charge in [0, 0.05) is 14.4 Å². The van der Waals surface area contributed by atoms with Crippen LogP contribution in [-0.4, -0.2) is 5.91 Å². The Morgan fingerprint density at radius 3 is 2.85 bits per heavy atom. The van der Waals surface area contributed by atoms with E-state index in [0.717, 1.165) is 12.8 Å². The van der Waals surface area contributed by atoms with Gasteiger partial charge in [0.2, 0.25) is 0 Å². The summed E-state index contributed by atoms with van der Waals surface area (Å²) in [7, 11) is 0. The minimum atomic E-state index is -0.0830. The predicted molar refractivity (Wildman–Crippen MR) is 88.6 cm³/mol. The lowest BCUT2D eigenvalue weighted by molar-refractivity contribution is 0.0934. The molecule has 1 aromatic heterocycles. The molecule has 1 aromatic carbocycles. The third kappa shape index (κ3) is 3.84. The van der Waals surface area contributed by atoms with Crippen LogP contribution in [0.2, 0.25) is 5.02 Å². The van der Waals surface area contributed by atoms with Crippen molar-refractivity contribution in [3.05, 3.63) is 55.6 Å². The Hall–Kier alpha value is -0.840. The van der Waals surface area contributed by atoms with E-state index in [2.05, 4.69) is 34.2 Å². The van der Waals surface area contributed by atoms with E-state index in [1.165, 1.54) is 4.88 Å². The standard InChI is InChI=1S/C15H15BrClNOS/c1-2-4-13(14-5-3-8-20-14)18-15(19)11-7-6-10(17)9-12(11)16/h3,5-9,13H,2,4H2,1H3,(H,18,19). The second kappa shape index (κ2) is 7.25. The van der Waals surface area contributed by atoms with E-state index >= 15 is 0 Å². The van der Waals surface area contributed by atoms with Crippen molar-refractivity contribution in [2.45, 2.75) is 25.8 Å². The zero-order chi connectivity index (χ0) is 14.5. The summed E-state index contributed by atoms with van der Waals surface area (Å²) in [6.07, 6.45) is 1.95. The highest BCUT2D eigenvalue weighted by atomic mass is 79.9.